The first kappa shape index (κ1) is 15.6. The maximum absolute atomic E-state index is 11.7. The van der Waals surface area contributed by atoms with Crippen LogP contribution in [0.4, 0.5) is 8.78 Å². The van der Waals surface area contributed by atoms with Crippen molar-refractivity contribution < 1.29 is 13.9 Å². The summed E-state index contributed by atoms with van der Waals surface area (Å²) in [5.74, 6) is 0. The minimum atomic E-state index is -1.55. The number of unbranched alkanes of at least 4 members (excludes halogenated alkanes) is 9. The summed E-state index contributed by atoms with van der Waals surface area (Å²) in [4.78, 5) is 0. The number of aliphatic hydroxyl groups excluding tert-OH is 1. The molecule has 1 nitrogen and oxygen atoms in total. The molecule has 0 radical (unpaired) electrons. The van der Waals surface area contributed by atoms with E-state index in [4.69, 9.17) is 5.11 Å². The summed E-state index contributed by atoms with van der Waals surface area (Å²) in [6.45, 7) is 0.304. The van der Waals surface area contributed by atoms with E-state index in [1.807, 2.05) is 0 Å². The number of hydrogen-bond acceptors (Lipinski definition) is 1. The van der Waals surface area contributed by atoms with E-state index < -0.39 is 6.08 Å². The van der Waals surface area contributed by atoms with E-state index >= 15 is 0 Å². The fourth-order valence-electron chi connectivity index (χ4n) is 1.70. The van der Waals surface area contributed by atoms with Crippen molar-refractivity contribution in [2.75, 3.05) is 6.61 Å². The molecule has 0 aromatic rings. The predicted octanol–water partition coefficient (Wildman–Crippen LogP) is 4.66. The first-order valence-electron chi connectivity index (χ1n) is 6.39. The third-order valence-electron chi connectivity index (χ3n) is 2.66. The van der Waals surface area contributed by atoms with Crippen molar-refractivity contribution in [3.8, 4) is 0 Å². The van der Waals surface area contributed by atoms with Gasteiger partial charge >= 0.3 is 0 Å². The summed E-state index contributed by atoms with van der Waals surface area (Å²) in [5, 5.41) is 8.57. The van der Waals surface area contributed by atoms with Crippen LogP contribution in [0.1, 0.15) is 64.2 Å². The summed E-state index contributed by atoms with van der Waals surface area (Å²) in [6.07, 6.45) is 9.98. The van der Waals surface area contributed by atoms with Gasteiger partial charge in [0.1, 0.15) is 0 Å². The summed E-state index contributed by atoms with van der Waals surface area (Å²) in [7, 11) is 0. The van der Waals surface area contributed by atoms with Crippen LogP contribution in [0.15, 0.2) is 12.2 Å². The van der Waals surface area contributed by atoms with Crippen molar-refractivity contribution in [1.29, 1.82) is 0 Å². The molecular weight excluding hydrogens is 210 g/mol. The zero-order valence-corrected chi connectivity index (χ0v) is 10.1. The molecule has 0 atom stereocenters. The molecule has 0 bridgehead atoms. The van der Waals surface area contributed by atoms with Crippen LogP contribution >= 0.6 is 0 Å². The van der Waals surface area contributed by atoms with Gasteiger partial charge < -0.3 is 5.11 Å². The molecule has 0 saturated heterocycles. The molecule has 16 heavy (non-hydrogen) atoms. The standard InChI is InChI=1S/C13H24F2O/c14-13(15)11-9-7-5-3-1-2-4-6-8-10-12-16/h11,16H,1-10,12H2. The summed E-state index contributed by atoms with van der Waals surface area (Å²) in [5.41, 5.74) is 0. The SMILES string of the molecule is OCCCCCCCCCCCC=C(F)F. The van der Waals surface area contributed by atoms with Crippen molar-refractivity contribution in [1.82, 2.24) is 0 Å². The number of aliphatic hydroxyl groups is 1. The zero-order valence-electron chi connectivity index (χ0n) is 10.1. The van der Waals surface area contributed by atoms with Crippen LogP contribution in [-0.2, 0) is 0 Å². The Morgan fingerprint density at radius 1 is 0.750 bits per heavy atom. The maximum atomic E-state index is 11.7. The average Bonchev–Trinajstić information content (AvgIpc) is 2.25. The van der Waals surface area contributed by atoms with Gasteiger partial charge in [-0.15, -0.1) is 0 Å². The molecule has 0 saturated carbocycles. The number of allylic oxidation sites excluding steroid dienone is 1. The normalized spacial score (nSPS) is 10.4. The largest absolute Gasteiger partial charge is 0.396 e. The third kappa shape index (κ3) is 13.6. The van der Waals surface area contributed by atoms with Crippen molar-refractivity contribution >= 4 is 0 Å². The van der Waals surface area contributed by atoms with Crippen LogP contribution in [-0.4, -0.2) is 11.7 Å². The molecule has 0 rings (SSSR count). The molecule has 0 fully saturated rings. The Kier molecular flexibility index (Phi) is 12.3. The van der Waals surface area contributed by atoms with Crippen molar-refractivity contribution in [2.24, 2.45) is 0 Å². The Bertz CT molecular complexity index is 165. The van der Waals surface area contributed by atoms with E-state index in [0.717, 1.165) is 38.2 Å². The molecule has 0 unspecified atom stereocenters. The van der Waals surface area contributed by atoms with Crippen LogP contribution in [0.3, 0.4) is 0 Å². The lowest BCUT2D eigenvalue weighted by molar-refractivity contribution is 0.282. The fraction of sp³-hybridized carbons (Fsp3) is 0.846. The lowest BCUT2D eigenvalue weighted by atomic mass is 10.1. The number of halogens is 2. The molecule has 0 heterocycles. The maximum Gasteiger partial charge on any atom is 0.266 e. The van der Waals surface area contributed by atoms with Crippen LogP contribution < -0.4 is 0 Å². The monoisotopic (exact) mass is 234 g/mol. The Hall–Kier alpha value is -0.440. The minimum absolute atomic E-state index is 0.304. The summed E-state index contributed by atoms with van der Waals surface area (Å²) >= 11 is 0. The molecule has 0 aromatic carbocycles. The van der Waals surface area contributed by atoms with Crippen molar-refractivity contribution in [3.63, 3.8) is 0 Å². The molecule has 1 N–H and O–H groups in total. The van der Waals surface area contributed by atoms with Crippen LogP contribution in [0.5, 0.6) is 0 Å². The highest BCUT2D eigenvalue weighted by Crippen LogP contribution is 2.11. The van der Waals surface area contributed by atoms with Crippen molar-refractivity contribution in [2.45, 2.75) is 64.2 Å². The van der Waals surface area contributed by atoms with Gasteiger partial charge in [-0.1, -0.05) is 44.9 Å². The molecule has 0 amide bonds. The van der Waals surface area contributed by atoms with Crippen molar-refractivity contribution in [3.05, 3.63) is 12.2 Å². The molecule has 3 heteroatoms. The van der Waals surface area contributed by atoms with E-state index in [-0.39, 0.29) is 0 Å². The lowest BCUT2D eigenvalue weighted by Crippen LogP contribution is -1.84. The van der Waals surface area contributed by atoms with Crippen LogP contribution in [0.25, 0.3) is 0 Å². The zero-order chi connectivity index (χ0) is 12.1. The summed E-state index contributed by atoms with van der Waals surface area (Å²) < 4.78 is 23.3. The van der Waals surface area contributed by atoms with Gasteiger partial charge in [0, 0.05) is 6.61 Å². The van der Waals surface area contributed by atoms with Gasteiger partial charge in [0.25, 0.3) is 6.08 Å². The second-order valence-electron chi connectivity index (χ2n) is 4.19. The van der Waals surface area contributed by atoms with E-state index in [1.54, 1.807) is 0 Å². The topological polar surface area (TPSA) is 20.2 Å². The summed E-state index contributed by atoms with van der Waals surface area (Å²) in [6, 6.07) is 0. The number of hydrogen-bond donors (Lipinski definition) is 1. The van der Waals surface area contributed by atoms with Gasteiger partial charge in [-0.2, -0.15) is 8.78 Å². The highest BCUT2D eigenvalue weighted by atomic mass is 19.3. The lowest BCUT2D eigenvalue weighted by Gasteiger charge is -2.00. The van der Waals surface area contributed by atoms with Gasteiger partial charge in [0.15, 0.2) is 0 Å². The Labute approximate surface area is 97.6 Å². The first-order valence-corrected chi connectivity index (χ1v) is 6.39. The van der Waals surface area contributed by atoms with Gasteiger partial charge in [-0.3, -0.25) is 0 Å². The van der Waals surface area contributed by atoms with E-state index in [0.29, 0.717) is 13.0 Å². The minimum Gasteiger partial charge on any atom is -0.396 e. The molecule has 0 aliphatic carbocycles. The van der Waals surface area contributed by atoms with Crippen LogP contribution in [0, 0.1) is 0 Å². The molecule has 0 spiro atoms. The highest BCUT2D eigenvalue weighted by Gasteiger charge is 1.93. The highest BCUT2D eigenvalue weighted by molar-refractivity contribution is 4.79. The third-order valence-corrected chi connectivity index (χ3v) is 2.66. The average molecular weight is 234 g/mol. The van der Waals surface area contributed by atoms with E-state index in [9.17, 15) is 8.78 Å². The second kappa shape index (κ2) is 12.6. The van der Waals surface area contributed by atoms with Gasteiger partial charge in [-0.25, -0.2) is 0 Å². The van der Waals surface area contributed by atoms with Gasteiger partial charge in [-0.05, 0) is 25.3 Å². The van der Waals surface area contributed by atoms with E-state index in [1.165, 1.54) is 25.7 Å². The molecule has 96 valence electrons. The molecule has 0 aromatic heterocycles. The van der Waals surface area contributed by atoms with Gasteiger partial charge in [0.2, 0.25) is 0 Å². The van der Waals surface area contributed by atoms with E-state index in [2.05, 4.69) is 0 Å². The smallest absolute Gasteiger partial charge is 0.266 e. The molecule has 0 aliphatic heterocycles. The Morgan fingerprint density at radius 2 is 1.19 bits per heavy atom. The first-order chi connectivity index (χ1) is 7.77. The quantitative estimate of drug-likeness (QED) is 0.515. The molecule has 0 aliphatic rings. The Balaban J connectivity index is 2.96. The van der Waals surface area contributed by atoms with Crippen LogP contribution in [0.2, 0.25) is 0 Å². The fourth-order valence-corrected chi connectivity index (χ4v) is 1.70. The number of rotatable bonds is 11. The second-order valence-corrected chi connectivity index (χ2v) is 4.19. The predicted molar refractivity (Wildman–Crippen MR) is 63.6 cm³/mol. The Morgan fingerprint density at radius 3 is 1.62 bits per heavy atom. The molecular formula is C13H24F2O. The van der Waals surface area contributed by atoms with Gasteiger partial charge in [0.05, 0.1) is 0 Å².